The molecule has 0 heterocycles. The Bertz CT molecular complexity index is 421. The van der Waals surface area contributed by atoms with Crippen molar-refractivity contribution in [1.29, 1.82) is 0 Å². The summed E-state index contributed by atoms with van der Waals surface area (Å²) in [6, 6.07) is 6.35. The van der Waals surface area contributed by atoms with Gasteiger partial charge in [0.25, 0.3) is 0 Å². The van der Waals surface area contributed by atoms with E-state index in [0.29, 0.717) is 0 Å². The van der Waals surface area contributed by atoms with Crippen LogP contribution in [0.5, 0.6) is 0 Å². The van der Waals surface area contributed by atoms with Gasteiger partial charge in [0, 0.05) is 21.7 Å². The van der Waals surface area contributed by atoms with Crippen molar-refractivity contribution in [1.82, 2.24) is 5.32 Å². The zero-order valence-electron chi connectivity index (χ0n) is 12.6. The highest BCUT2D eigenvalue weighted by molar-refractivity contribution is 8.00. The number of nitrogens with one attached hydrogen (secondary N) is 1. The Morgan fingerprint density at radius 1 is 1.35 bits per heavy atom. The second kappa shape index (κ2) is 8.31. The summed E-state index contributed by atoms with van der Waals surface area (Å²) in [5.74, 6) is 0.884. The van der Waals surface area contributed by atoms with Gasteiger partial charge in [-0.1, -0.05) is 38.3 Å². The van der Waals surface area contributed by atoms with E-state index >= 15 is 0 Å². The number of hydrogen-bond donors (Lipinski definition) is 1. The van der Waals surface area contributed by atoms with Gasteiger partial charge in [0.1, 0.15) is 0 Å². The van der Waals surface area contributed by atoms with Crippen molar-refractivity contribution >= 4 is 23.4 Å². The second-order valence-electron chi connectivity index (χ2n) is 5.94. The highest BCUT2D eigenvalue weighted by Gasteiger charge is 2.20. The van der Waals surface area contributed by atoms with Gasteiger partial charge in [0.15, 0.2) is 0 Å². The van der Waals surface area contributed by atoms with E-state index in [0.717, 1.165) is 29.3 Å². The Morgan fingerprint density at radius 3 is 2.95 bits per heavy atom. The molecule has 20 heavy (non-hydrogen) atoms. The summed E-state index contributed by atoms with van der Waals surface area (Å²) >= 11 is 8.22. The second-order valence-corrected chi connectivity index (χ2v) is 7.72. The van der Waals surface area contributed by atoms with E-state index < -0.39 is 0 Å². The predicted octanol–water partition coefficient (Wildman–Crippen LogP) is 5.51. The molecule has 0 radical (unpaired) electrons. The summed E-state index contributed by atoms with van der Waals surface area (Å²) < 4.78 is 0. The van der Waals surface area contributed by atoms with E-state index in [4.69, 9.17) is 11.6 Å². The fourth-order valence-electron chi connectivity index (χ4n) is 2.87. The fourth-order valence-corrected chi connectivity index (χ4v) is 4.56. The molecule has 0 aromatic heterocycles. The van der Waals surface area contributed by atoms with Crippen LogP contribution in [0.15, 0.2) is 23.1 Å². The predicted molar refractivity (Wildman–Crippen MR) is 90.7 cm³/mol. The number of thioether (sulfide) groups is 1. The third kappa shape index (κ3) is 4.98. The van der Waals surface area contributed by atoms with Crippen LogP contribution < -0.4 is 5.32 Å². The van der Waals surface area contributed by atoms with Crippen molar-refractivity contribution in [2.75, 3.05) is 6.54 Å². The van der Waals surface area contributed by atoms with Crippen LogP contribution in [0, 0.1) is 5.92 Å². The summed E-state index contributed by atoms with van der Waals surface area (Å²) in [6.45, 7) is 6.58. The van der Waals surface area contributed by atoms with E-state index in [1.165, 1.54) is 42.6 Å². The van der Waals surface area contributed by atoms with Gasteiger partial charge in [0.05, 0.1) is 0 Å². The Morgan fingerprint density at radius 2 is 2.20 bits per heavy atom. The molecule has 0 bridgehead atoms. The maximum absolute atomic E-state index is 6.16. The van der Waals surface area contributed by atoms with Crippen LogP contribution in [0.1, 0.15) is 51.5 Å². The van der Waals surface area contributed by atoms with E-state index in [2.05, 4.69) is 43.1 Å². The third-order valence-corrected chi connectivity index (χ3v) is 5.60. The lowest BCUT2D eigenvalue weighted by Gasteiger charge is -2.27. The van der Waals surface area contributed by atoms with Crippen molar-refractivity contribution in [2.45, 2.75) is 62.6 Å². The molecule has 1 aromatic rings. The van der Waals surface area contributed by atoms with Crippen molar-refractivity contribution in [3.63, 3.8) is 0 Å². The van der Waals surface area contributed by atoms with Crippen LogP contribution in [0.2, 0.25) is 5.02 Å². The van der Waals surface area contributed by atoms with Gasteiger partial charge in [0.2, 0.25) is 0 Å². The minimum atomic E-state index is 0.782. The first-order valence-electron chi connectivity index (χ1n) is 7.84. The summed E-state index contributed by atoms with van der Waals surface area (Å²) in [5.41, 5.74) is 1.36. The topological polar surface area (TPSA) is 12.0 Å². The number of benzene rings is 1. The van der Waals surface area contributed by atoms with Gasteiger partial charge < -0.3 is 5.32 Å². The van der Waals surface area contributed by atoms with Crippen LogP contribution in [-0.2, 0) is 6.54 Å². The van der Waals surface area contributed by atoms with E-state index in [1.54, 1.807) is 0 Å². The molecular weight excluding hydrogens is 286 g/mol. The first-order valence-corrected chi connectivity index (χ1v) is 9.10. The van der Waals surface area contributed by atoms with Crippen LogP contribution in [0.3, 0.4) is 0 Å². The SMILES string of the molecule is CCCNCc1cc(Cl)ccc1SC1CCCC(C)C1. The molecular formula is C17H26ClNS. The van der Waals surface area contributed by atoms with Gasteiger partial charge in [-0.25, -0.2) is 0 Å². The Hall–Kier alpha value is -0.180. The zero-order chi connectivity index (χ0) is 14.4. The van der Waals surface area contributed by atoms with Gasteiger partial charge in [-0.3, -0.25) is 0 Å². The molecule has 112 valence electrons. The Kier molecular flexibility index (Phi) is 6.73. The van der Waals surface area contributed by atoms with E-state index in [1.807, 2.05) is 6.07 Å². The third-order valence-electron chi connectivity index (χ3n) is 3.95. The number of rotatable bonds is 6. The average Bonchev–Trinajstić information content (AvgIpc) is 2.42. The zero-order valence-corrected chi connectivity index (χ0v) is 14.2. The molecule has 2 atom stereocenters. The molecule has 1 saturated carbocycles. The highest BCUT2D eigenvalue weighted by atomic mass is 35.5. The highest BCUT2D eigenvalue weighted by Crippen LogP contribution is 2.38. The molecule has 1 aromatic carbocycles. The molecule has 0 spiro atoms. The van der Waals surface area contributed by atoms with Crippen molar-refractivity contribution in [2.24, 2.45) is 5.92 Å². The molecule has 1 aliphatic rings. The molecule has 0 aliphatic heterocycles. The lowest BCUT2D eigenvalue weighted by Crippen LogP contribution is -2.17. The minimum Gasteiger partial charge on any atom is -0.313 e. The van der Waals surface area contributed by atoms with Gasteiger partial charge in [-0.2, -0.15) is 0 Å². The quantitative estimate of drug-likeness (QED) is 0.695. The molecule has 1 N–H and O–H groups in total. The molecule has 1 aliphatic carbocycles. The number of hydrogen-bond acceptors (Lipinski definition) is 2. The summed E-state index contributed by atoms with van der Waals surface area (Å²) in [6.07, 6.45) is 6.68. The maximum atomic E-state index is 6.16. The molecule has 1 nitrogen and oxygen atoms in total. The standard InChI is InChI=1S/C17H26ClNS/c1-3-9-19-12-14-11-15(18)7-8-17(14)20-16-6-4-5-13(2)10-16/h7-8,11,13,16,19H,3-6,9-10,12H2,1-2H3. The number of halogens is 1. The summed E-state index contributed by atoms with van der Waals surface area (Å²) in [5, 5.41) is 5.12. The van der Waals surface area contributed by atoms with Crippen LogP contribution >= 0.6 is 23.4 Å². The Balaban J connectivity index is 2.01. The van der Waals surface area contributed by atoms with Crippen molar-refractivity contribution < 1.29 is 0 Å². The van der Waals surface area contributed by atoms with Crippen LogP contribution in [-0.4, -0.2) is 11.8 Å². The van der Waals surface area contributed by atoms with E-state index in [-0.39, 0.29) is 0 Å². The first-order chi connectivity index (χ1) is 9.69. The van der Waals surface area contributed by atoms with Gasteiger partial charge in [-0.05, 0) is 55.5 Å². The molecule has 2 rings (SSSR count). The maximum Gasteiger partial charge on any atom is 0.0410 e. The largest absolute Gasteiger partial charge is 0.313 e. The first kappa shape index (κ1) is 16.2. The fraction of sp³-hybridized carbons (Fsp3) is 0.647. The van der Waals surface area contributed by atoms with Crippen LogP contribution in [0.25, 0.3) is 0 Å². The molecule has 0 saturated heterocycles. The lowest BCUT2D eigenvalue weighted by molar-refractivity contribution is 0.394. The van der Waals surface area contributed by atoms with Crippen LogP contribution in [0.4, 0.5) is 0 Å². The normalized spacial score (nSPS) is 22.9. The summed E-state index contributed by atoms with van der Waals surface area (Å²) in [7, 11) is 0. The smallest absolute Gasteiger partial charge is 0.0410 e. The summed E-state index contributed by atoms with van der Waals surface area (Å²) in [4.78, 5) is 1.41. The van der Waals surface area contributed by atoms with E-state index in [9.17, 15) is 0 Å². The minimum absolute atomic E-state index is 0.782. The molecule has 0 amide bonds. The Labute approximate surface area is 132 Å². The monoisotopic (exact) mass is 311 g/mol. The molecule has 3 heteroatoms. The van der Waals surface area contributed by atoms with Crippen molar-refractivity contribution in [3.8, 4) is 0 Å². The van der Waals surface area contributed by atoms with Crippen molar-refractivity contribution in [3.05, 3.63) is 28.8 Å². The lowest BCUT2D eigenvalue weighted by atomic mass is 9.91. The molecule has 1 fully saturated rings. The average molecular weight is 312 g/mol. The van der Waals surface area contributed by atoms with Gasteiger partial charge >= 0.3 is 0 Å². The van der Waals surface area contributed by atoms with Gasteiger partial charge in [-0.15, -0.1) is 11.8 Å². The molecule has 2 unspecified atom stereocenters.